The molecule has 0 atom stereocenters. The first-order valence-corrected chi connectivity index (χ1v) is 5.94. The topological polar surface area (TPSA) is 88.1 Å². The molecule has 2 aromatic rings. The zero-order chi connectivity index (χ0) is 13.7. The number of tetrazole rings is 1. The summed E-state index contributed by atoms with van der Waals surface area (Å²) in [5, 5.41) is 12.1. The van der Waals surface area contributed by atoms with E-state index in [0.717, 1.165) is 17.1 Å². The third kappa shape index (κ3) is 3.41. The molecule has 0 radical (unpaired) electrons. The quantitative estimate of drug-likeness (QED) is 0.803. The van der Waals surface area contributed by atoms with E-state index < -0.39 is 0 Å². The number of methoxy groups -OCH3 is 2. The van der Waals surface area contributed by atoms with Crippen LogP contribution in [0.15, 0.2) is 18.2 Å². The number of aromatic nitrogens is 4. The van der Waals surface area contributed by atoms with Gasteiger partial charge < -0.3 is 15.2 Å². The van der Waals surface area contributed by atoms with Gasteiger partial charge in [-0.25, -0.2) is 0 Å². The Morgan fingerprint density at radius 3 is 2.42 bits per heavy atom. The Balaban J connectivity index is 2.16. The molecule has 2 N–H and O–H groups in total. The van der Waals surface area contributed by atoms with Crippen molar-refractivity contribution in [3.8, 4) is 11.5 Å². The molecule has 1 aromatic carbocycles. The van der Waals surface area contributed by atoms with Crippen molar-refractivity contribution in [2.45, 2.75) is 13.0 Å². The van der Waals surface area contributed by atoms with Gasteiger partial charge in [-0.05, 0) is 29.5 Å². The fraction of sp³-hybridized carbons (Fsp3) is 0.417. The van der Waals surface area contributed by atoms with E-state index in [1.165, 1.54) is 4.80 Å². The minimum atomic E-state index is 0.505. The Morgan fingerprint density at radius 1 is 1.16 bits per heavy atom. The van der Waals surface area contributed by atoms with Crippen molar-refractivity contribution in [3.05, 3.63) is 29.6 Å². The van der Waals surface area contributed by atoms with Gasteiger partial charge in [0, 0.05) is 12.5 Å². The van der Waals surface area contributed by atoms with Crippen molar-refractivity contribution in [2.75, 3.05) is 20.8 Å². The Kier molecular flexibility index (Phi) is 4.30. The molecule has 1 heterocycles. The van der Waals surface area contributed by atoms with Crippen molar-refractivity contribution in [1.29, 1.82) is 0 Å². The Bertz CT molecular complexity index is 518. The van der Waals surface area contributed by atoms with Crippen LogP contribution in [-0.2, 0) is 13.0 Å². The van der Waals surface area contributed by atoms with Gasteiger partial charge in [-0.1, -0.05) is 0 Å². The van der Waals surface area contributed by atoms with E-state index in [-0.39, 0.29) is 0 Å². The van der Waals surface area contributed by atoms with E-state index in [2.05, 4.69) is 15.4 Å². The molecule has 0 saturated heterocycles. The summed E-state index contributed by atoms with van der Waals surface area (Å²) in [4.78, 5) is 1.53. The van der Waals surface area contributed by atoms with E-state index in [1.54, 1.807) is 14.2 Å². The smallest absolute Gasteiger partial charge is 0.176 e. The van der Waals surface area contributed by atoms with Gasteiger partial charge in [0.05, 0.1) is 20.8 Å². The summed E-state index contributed by atoms with van der Waals surface area (Å²) >= 11 is 0. The van der Waals surface area contributed by atoms with Crippen LogP contribution in [0.3, 0.4) is 0 Å². The third-order valence-electron chi connectivity index (χ3n) is 2.60. The maximum Gasteiger partial charge on any atom is 0.176 e. The summed E-state index contributed by atoms with van der Waals surface area (Å²) in [5.41, 5.74) is 6.43. The molecule has 0 unspecified atom stereocenters. The van der Waals surface area contributed by atoms with E-state index in [1.807, 2.05) is 18.2 Å². The van der Waals surface area contributed by atoms with E-state index in [9.17, 15) is 0 Å². The summed E-state index contributed by atoms with van der Waals surface area (Å²) < 4.78 is 10.4. The first kappa shape index (κ1) is 13.3. The van der Waals surface area contributed by atoms with Crippen LogP contribution in [0.4, 0.5) is 0 Å². The summed E-state index contributed by atoms with van der Waals surface area (Å²) in [6, 6.07) is 5.64. The summed E-state index contributed by atoms with van der Waals surface area (Å²) in [6.45, 7) is 1.02. The normalized spacial score (nSPS) is 10.5. The van der Waals surface area contributed by atoms with Crippen LogP contribution in [0.1, 0.15) is 11.4 Å². The molecule has 0 aliphatic carbocycles. The highest BCUT2D eigenvalue weighted by molar-refractivity contribution is 5.38. The van der Waals surface area contributed by atoms with E-state index in [4.69, 9.17) is 15.2 Å². The fourth-order valence-corrected chi connectivity index (χ4v) is 1.69. The number of ether oxygens (including phenoxy) is 2. The van der Waals surface area contributed by atoms with E-state index in [0.29, 0.717) is 25.3 Å². The monoisotopic (exact) mass is 263 g/mol. The highest BCUT2D eigenvalue weighted by atomic mass is 16.5. The largest absolute Gasteiger partial charge is 0.497 e. The molecule has 19 heavy (non-hydrogen) atoms. The van der Waals surface area contributed by atoms with Crippen LogP contribution >= 0.6 is 0 Å². The lowest BCUT2D eigenvalue weighted by Crippen LogP contribution is -2.07. The molecular weight excluding hydrogens is 246 g/mol. The summed E-state index contributed by atoms with van der Waals surface area (Å²) in [6.07, 6.45) is 0.626. The molecule has 0 spiro atoms. The first-order valence-electron chi connectivity index (χ1n) is 5.94. The number of hydrogen-bond donors (Lipinski definition) is 1. The Hall–Kier alpha value is -2.15. The van der Waals surface area contributed by atoms with Gasteiger partial charge in [-0.15, -0.1) is 10.2 Å². The van der Waals surface area contributed by atoms with Crippen LogP contribution in [0.25, 0.3) is 0 Å². The van der Waals surface area contributed by atoms with Crippen LogP contribution in [0.5, 0.6) is 11.5 Å². The van der Waals surface area contributed by atoms with Crippen LogP contribution in [-0.4, -0.2) is 41.0 Å². The number of nitrogens with zero attached hydrogens (tertiary/aromatic N) is 4. The molecule has 2 rings (SSSR count). The van der Waals surface area contributed by atoms with Crippen LogP contribution in [0, 0.1) is 0 Å². The van der Waals surface area contributed by atoms with Gasteiger partial charge in [-0.3, -0.25) is 0 Å². The molecule has 0 aliphatic rings. The Labute approximate surface area is 111 Å². The molecule has 0 fully saturated rings. The molecule has 0 saturated carbocycles. The lowest BCUT2D eigenvalue weighted by atomic mass is 10.2. The maximum atomic E-state index is 5.45. The van der Waals surface area contributed by atoms with Crippen molar-refractivity contribution in [1.82, 2.24) is 20.2 Å². The Morgan fingerprint density at radius 2 is 1.84 bits per heavy atom. The number of rotatable bonds is 6. The lowest BCUT2D eigenvalue weighted by Gasteiger charge is -2.07. The highest BCUT2D eigenvalue weighted by Crippen LogP contribution is 2.22. The average Bonchev–Trinajstić information content (AvgIpc) is 2.86. The minimum Gasteiger partial charge on any atom is -0.497 e. The third-order valence-corrected chi connectivity index (χ3v) is 2.60. The van der Waals surface area contributed by atoms with Crippen molar-refractivity contribution in [2.24, 2.45) is 5.73 Å². The van der Waals surface area contributed by atoms with Crippen molar-refractivity contribution in [3.63, 3.8) is 0 Å². The van der Waals surface area contributed by atoms with Gasteiger partial charge in [-0.2, -0.15) is 4.80 Å². The first-order chi connectivity index (χ1) is 9.25. The molecule has 102 valence electrons. The fourth-order valence-electron chi connectivity index (χ4n) is 1.69. The number of hydrogen-bond acceptors (Lipinski definition) is 6. The molecule has 7 nitrogen and oxygen atoms in total. The zero-order valence-electron chi connectivity index (χ0n) is 11.0. The van der Waals surface area contributed by atoms with Crippen LogP contribution in [0.2, 0.25) is 0 Å². The van der Waals surface area contributed by atoms with Gasteiger partial charge in [0.1, 0.15) is 11.5 Å². The molecule has 1 aromatic heterocycles. The van der Waals surface area contributed by atoms with Crippen molar-refractivity contribution >= 4 is 0 Å². The minimum absolute atomic E-state index is 0.505. The van der Waals surface area contributed by atoms with Gasteiger partial charge in [0.25, 0.3) is 0 Å². The lowest BCUT2D eigenvalue weighted by molar-refractivity contribution is 0.392. The predicted octanol–water partition coefficient (Wildman–Crippen LogP) is 0.240. The van der Waals surface area contributed by atoms with Crippen LogP contribution < -0.4 is 15.2 Å². The second-order valence-electron chi connectivity index (χ2n) is 4.00. The molecule has 0 bridgehead atoms. The second kappa shape index (κ2) is 6.14. The van der Waals surface area contributed by atoms with Gasteiger partial charge >= 0.3 is 0 Å². The number of nitrogens with two attached hydrogens (primary N) is 1. The average molecular weight is 263 g/mol. The number of benzene rings is 1. The second-order valence-corrected chi connectivity index (χ2v) is 4.00. The van der Waals surface area contributed by atoms with Crippen molar-refractivity contribution < 1.29 is 9.47 Å². The van der Waals surface area contributed by atoms with Gasteiger partial charge in [0.2, 0.25) is 0 Å². The van der Waals surface area contributed by atoms with E-state index >= 15 is 0 Å². The predicted molar refractivity (Wildman–Crippen MR) is 69.2 cm³/mol. The molecule has 0 amide bonds. The SMILES string of the molecule is COc1cc(Cn2nnc(CCN)n2)cc(OC)c1. The highest BCUT2D eigenvalue weighted by Gasteiger charge is 2.06. The molecule has 7 heteroatoms. The molecule has 0 aliphatic heterocycles. The molecular formula is C12H17N5O2. The standard InChI is InChI=1S/C12H17N5O2/c1-18-10-5-9(6-11(7-10)19-2)8-17-15-12(3-4-13)14-16-17/h5-7H,3-4,8,13H2,1-2H3. The summed E-state index contributed by atoms with van der Waals surface area (Å²) in [7, 11) is 3.23. The maximum absolute atomic E-state index is 5.45. The van der Waals surface area contributed by atoms with Gasteiger partial charge in [0.15, 0.2) is 5.82 Å². The zero-order valence-corrected chi connectivity index (χ0v) is 11.0. The summed E-state index contributed by atoms with van der Waals surface area (Å²) in [5.74, 6) is 2.12.